The summed E-state index contributed by atoms with van der Waals surface area (Å²) in [5.41, 5.74) is 6.44. The van der Waals surface area contributed by atoms with Crippen molar-refractivity contribution in [3.05, 3.63) is 11.9 Å². The number of hydrogen-bond donors (Lipinski definition) is 2. The average Bonchev–Trinajstić information content (AvgIpc) is 2.53. The van der Waals surface area contributed by atoms with E-state index < -0.39 is 0 Å². The molecule has 1 unspecified atom stereocenters. The summed E-state index contributed by atoms with van der Waals surface area (Å²) in [6.45, 7) is 2.90. The third-order valence-corrected chi connectivity index (χ3v) is 1.82. The van der Waals surface area contributed by atoms with Crippen molar-refractivity contribution in [2.24, 2.45) is 5.73 Å². The Hall–Kier alpha value is -0.940. The zero-order valence-electron chi connectivity index (χ0n) is 7.85. The molecule has 0 radical (unpaired) electrons. The summed E-state index contributed by atoms with van der Waals surface area (Å²) in [6.07, 6.45) is 3.56. The molecule has 0 saturated heterocycles. The Kier molecular flexibility index (Phi) is 3.85. The van der Waals surface area contributed by atoms with Crippen molar-refractivity contribution in [1.82, 2.24) is 15.0 Å². The molecule has 3 N–H and O–H groups in total. The maximum absolute atomic E-state index is 8.57. The molecule has 74 valence electrons. The van der Waals surface area contributed by atoms with E-state index in [1.807, 2.05) is 13.1 Å². The van der Waals surface area contributed by atoms with Gasteiger partial charge in [0, 0.05) is 19.2 Å². The number of rotatable bonds is 5. The minimum atomic E-state index is -0.0633. The summed E-state index contributed by atoms with van der Waals surface area (Å²) in [6, 6.07) is -0.0633. The smallest absolute Gasteiger partial charge is 0.0991 e. The number of aliphatic hydroxyl groups is 1. The molecule has 1 aromatic heterocycles. The van der Waals surface area contributed by atoms with Crippen molar-refractivity contribution in [2.45, 2.75) is 32.4 Å². The average molecular weight is 184 g/mol. The fourth-order valence-electron chi connectivity index (χ4n) is 1.02. The monoisotopic (exact) mass is 184 g/mol. The van der Waals surface area contributed by atoms with E-state index in [-0.39, 0.29) is 12.6 Å². The van der Waals surface area contributed by atoms with Crippen molar-refractivity contribution in [3.8, 4) is 0 Å². The molecular formula is C8H16N4O. The van der Waals surface area contributed by atoms with Gasteiger partial charge in [-0.3, -0.25) is 4.68 Å². The molecular weight excluding hydrogens is 168 g/mol. The summed E-state index contributed by atoms with van der Waals surface area (Å²) >= 11 is 0. The summed E-state index contributed by atoms with van der Waals surface area (Å²) < 4.78 is 1.76. The maximum Gasteiger partial charge on any atom is 0.0991 e. The van der Waals surface area contributed by atoms with E-state index in [2.05, 4.69) is 10.3 Å². The Morgan fingerprint density at radius 3 is 2.92 bits per heavy atom. The quantitative estimate of drug-likeness (QED) is 0.635. The SMILES string of the molecule is CC(N)c1cn(CCCCO)nn1. The molecule has 1 rings (SSSR count). The first kappa shape index (κ1) is 10.1. The molecule has 1 heterocycles. The Morgan fingerprint density at radius 1 is 1.62 bits per heavy atom. The van der Waals surface area contributed by atoms with E-state index in [4.69, 9.17) is 10.8 Å². The zero-order valence-corrected chi connectivity index (χ0v) is 7.85. The molecule has 0 spiro atoms. The maximum atomic E-state index is 8.57. The Balaban J connectivity index is 2.40. The van der Waals surface area contributed by atoms with Gasteiger partial charge in [0.05, 0.1) is 11.9 Å². The second-order valence-electron chi connectivity index (χ2n) is 3.13. The molecule has 5 nitrogen and oxygen atoms in total. The van der Waals surface area contributed by atoms with Gasteiger partial charge in [-0.15, -0.1) is 5.10 Å². The van der Waals surface area contributed by atoms with Gasteiger partial charge in [-0.2, -0.15) is 0 Å². The predicted octanol–water partition coefficient (Wildman–Crippen LogP) is 0.0703. The van der Waals surface area contributed by atoms with Crippen molar-refractivity contribution >= 4 is 0 Å². The summed E-state index contributed by atoms with van der Waals surface area (Å²) in [5, 5.41) is 16.4. The van der Waals surface area contributed by atoms with Crippen molar-refractivity contribution in [1.29, 1.82) is 0 Å². The van der Waals surface area contributed by atoms with Crippen LogP contribution in [0.4, 0.5) is 0 Å². The van der Waals surface area contributed by atoms with Gasteiger partial charge in [0.1, 0.15) is 0 Å². The van der Waals surface area contributed by atoms with Crippen LogP contribution in [0.2, 0.25) is 0 Å². The fraction of sp³-hybridized carbons (Fsp3) is 0.750. The number of unbranched alkanes of at least 4 members (excludes halogenated alkanes) is 1. The second kappa shape index (κ2) is 4.94. The second-order valence-corrected chi connectivity index (χ2v) is 3.13. The van der Waals surface area contributed by atoms with Crippen molar-refractivity contribution < 1.29 is 5.11 Å². The number of aromatic nitrogens is 3. The normalized spacial score (nSPS) is 13.2. The van der Waals surface area contributed by atoms with E-state index >= 15 is 0 Å². The molecule has 0 saturated carbocycles. The Morgan fingerprint density at radius 2 is 2.38 bits per heavy atom. The van der Waals surface area contributed by atoms with E-state index in [0.717, 1.165) is 25.1 Å². The standard InChI is InChI=1S/C8H16N4O/c1-7(9)8-6-12(11-10-8)4-2-3-5-13/h6-7,13H,2-5,9H2,1H3. The molecule has 0 fully saturated rings. The zero-order chi connectivity index (χ0) is 9.68. The molecule has 0 amide bonds. The molecule has 13 heavy (non-hydrogen) atoms. The van der Waals surface area contributed by atoms with Crippen LogP contribution in [0, 0.1) is 0 Å². The lowest BCUT2D eigenvalue weighted by Gasteiger charge is -1.98. The van der Waals surface area contributed by atoms with Gasteiger partial charge in [0.2, 0.25) is 0 Å². The highest BCUT2D eigenvalue weighted by atomic mass is 16.2. The molecule has 5 heteroatoms. The van der Waals surface area contributed by atoms with Gasteiger partial charge in [-0.1, -0.05) is 5.21 Å². The summed E-state index contributed by atoms with van der Waals surface area (Å²) in [7, 11) is 0. The van der Waals surface area contributed by atoms with Crippen LogP contribution in [0.1, 0.15) is 31.5 Å². The van der Waals surface area contributed by atoms with Gasteiger partial charge in [0.25, 0.3) is 0 Å². The van der Waals surface area contributed by atoms with Gasteiger partial charge in [-0.25, -0.2) is 0 Å². The lowest BCUT2D eigenvalue weighted by Crippen LogP contribution is -2.05. The highest BCUT2D eigenvalue weighted by molar-refractivity contribution is 4.97. The summed E-state index contributed by atoms with van der Waals surface area (Å²) in [5.74, 6) is 0. The van der Waals surface area contributed by atoms with Crippen LogP contribution in [0.5, 0.6) is 0 Å². The van der Waals surface area contributed by atoms with Crippen LogP contribution in [-0.2, 0) is 6.54 Å². The number of nitrogens with two attached hydrogens (primary N) is 1. The number of nitrogens with zero attached hydrogens (tertiary/aromatic N) is 3. The van der Waals surface area contributed by atoms with E-state index in [0.29, 0.717) is 0 Å². The van der Waals surface area contributed by atoms with Crippen molar-refractivity contribution in [3.63, 3.8) is 0 Å². The third kappa shape index (κ3) is 3.12. The third-order valence-electron chi connectivity index (χ3n) is 1.82. The van der Waals surface area contributed by atoms with E-state index in [1.54, 1.807) is 4.68 Å². The molecule has 0 aromatic carbocycles. The number of hydrogen-bond acceptors (Lipinski definition) is 4. The first-order valence-electron chi connectivity index (χ1n) is 4.50. The van der Waals surface area contributed by atoms with Crippen LogP contribution in [0.3, 0.4) is 0 Å². The number of aliphatic hydroxyl groups excluding tert-OH is 1. The van der Waals surface area contributed by atoms with Gasteiger partial charge in [-0.05, 0) is 19.8 Å². The topological polar surface area (TPSA) is 77.0 Å². The highest BCUT2D eigenvalue weighted by Gasteiger charge is 2.03. The van der Waals surface area contributed by atoms with Crippen LogP contribution in [0.15, 0.2) is 6.20 Å². The molecule has 0 bridgehead atoms. The van der Waals surface area contributed by atoms with Crippen LogP contribution in [0.25, 0.3) is 0 Å². The Labute approximate surface area is 77.6 Å². The van der Waals surface area contributed by atoms with Gasteiger partial charge in [0.15, 0.2) is 0 Å². The molecule has 0 aliphatic rings. The molecule has 1 atom stereocenters. The minimum absolute atomic E-state index is 0.0633. The van der Waals surface area contributed by atoms with Gasteiger partial charge < -0.3 is 10.8 Å². The van der Waals surface area contributed by atoms with Gasteiger partial charge >= 0.3 is 0 Å². The molecule has 1 aromatic rings. The molecule has 0 aliphatic carbocycles. The fourth-order valence-corrected chi connectivity index (χ4v) is 1.02. The minimum Gasteiger partial charge on any atom is -0.396 e. The molecule has 0 aliphatic heterocycles. The lowest BCUT2D eigenvalue weighted by atomic mass is 10.3. The number of aryl methyl sites for hydroxylation is 1. The largest absolute Gasteiger partial charge is 0.396 e. The van der Waals surface area contributed by atoms with Crippen LogP contribution in [-0.4, -0.2) is 26.7 Å². The first-order valence-corrected chi connectivity index (χ1v) is 4.50. The van der Waals surface area contributed by atoms with Crippen LogP contribution >= 0.6 is 0 Å². The first-order chi connectivity index (χ1) is 6.24. The van der Waals surface area contributed by atoms with Crippen molar-refractivity contribution in [2.75, 3.05) is 6.61 Å². The van der Waals surface area contributed by atoms with Crippen LogP contribution < -0.4 is 5.73 Å². The van der Waals surface area contributed by atoms with E-state index in [9.17, 15) is 0 Å². The Bertz CT molecular complexity index is 246. The van der Waals surface area contributed by atoms with E-state index in [1.165, 1.54) is 0 Å². The predicted molar refractivity (Wildman–Crippen MR) is 48.9 cm³/mol. The highest BCUT2D eigenvalue weighted by Crippen LogP contribution is 2.04. The summed E-state index contributed by atoms with van der Waals surface area (Å²) in [4.78, 5) is 0. The lowest BCUT2D eigenvalue weighted by molar-refractivity contribution is 0.280.